The summed E-state index contributed by atoms with van der Waals surface area (Å²) < 4.78 is 51.7. The van der Waals surface area contributed by atoms with Crippen molar-refractivity contribution in [3.8, 4) is 17.0 Å². The fourth-order valence-corrected chi connectivity index (χ4v) is 4.51. The van der Waals surface area contributed by atoms with Gasteiger partial charge in [-0.15, -0.1) is 10.2 Å². The van der Waals surface area contributed by atoms with Crippen LogP contribution in [0.2, 0.25) is 0 Å². The fraction of sp³-hybridized carbons (Fsp3) is 0.435. The molecule has 5 rings (SSSR count). The number of benzene rings is 1. The van der Waals surface area contributed by atoms with Gasteiger partial charge in [-0.25, -0.2) is 22.4 Å². The topological polar surface area (TPSA) is 102 Å². The molecule has 4 aromatic rings. The molecule has 0 radical (unpaired) electrons. The van der Waals surface area contributed by atoms with Crippen LogP contribution < -0.4 is 10.1 Å². The number of piperidine rings is 1. The number of rotatable bonds is 6. The molecule has 1 amide bonds. The second-order valence-electron chi connectivity index (χ2n) is 8.87. The van der Waals surface area contributed by atoms with E-state index in [0.29, 0.717) is 29.6 Å². The normalized spacial score (nSPS) is 19.1. The summed E-state index contributed by atoms with van der Waals surface area (Å²) in [7, 11) is 1.40. The molecule has 1 aliphatic rings. The summed E-state index contributed by atoms with van der Waals surface area (Å²) in [5.74, 6) is -0.594. The van der Waals surface area contributed by atoms with Gasteiger partial charge >= 0.3 is 0 Å². The molecule has 0 saturated carbocycles. The minimum absolute atomic E-state index is 0.0152. The predicted octanol–water partition coefficient (Wildman–Crippen LogP) is 3.02. The van der Waals surface area contributed by atoms with E-state index in [1.807, 2.05) is 0 Å². The summed E-state index contributed by atoms with van der Waals surface area (Å²) in [6, 6.07) is 4.42. The van der Waals surface area contributed by atoms with E-state index in [-0.39, 0.29) is 41.9 Å². The summed E-state index contributed by atoms with van der Waals surface area (Å²) in [6.07, 6.45) is -0.894. The third-order valence-corrected chi connectivity index (χ3v) is 6.27. The van der Waals surface area contributed by atoms with Gasteiger partial charge in [0, 0.05) is 13.5 Å². The summed E-state index contributed by atoms with van der Waals surface area (Å²) in [5.41, 5.74) is 2.07. The lowest BCUT2D eigenvalue weighted by molar-refractivity contribution is -0.131. The van der Waals surface area contributed by atoms with Gasteiger partial charge < -0.3 is 15.0 Å². The van der Waals surface area contributed by atoms with Gasteiger partial charge in [-0.3, -0.25) is 4.79 Å². The van der Waals surface area contributed by atoms with E-state index in [2.05, 4.69) is 25.7 Å². The number of carbonyl (C=O) groups excluding carboxylic acids is 1. The molecule has 0 spiro atoms. The molecule has 36 heavy (non-hydrogen) atoms. The van der Waals surface area contributed by atoms with Crippen molar-refractivity contribution < 1.29 is 22.7 Å². The monoisotopic (exact) mass is 502 g/mol. The second kappa shape index (κ2) is 9.28. The Bertz CT molecular complexity index is 1440. The largest absolute Gasteiger partial charge is 0.479 e. The minimum atomic E-state index is -1.32. The fourth-order valence-electron chi connectivity index (χ4n) is 4.51. The molecule has 0 aliphatic carbocycles. The number of fused-ring (bicyclic) bond motifs is 2. The number of likely N-dealkylation sites (tertiary alicyclic amines) is 1. The molecule has 10 nitrogen and oxygen atoms in total. The van der Waals surface area contributed by atoms with E-state index in [0.717, 1.165) is 0 Å². The number of amides is 1. The minimum Gasteiger partial charge on any atom is -0.479 e. The van der Waals surface area contributed by atoms with Crippen LogP contribution in [-0.2, 0) is 11.3 Å². The third-order valence-electron chi connectivity index (χ3n) is 6.27. The van der Waals surface area contributed by atoms with Crippen molar-refractivity contribution in [2.75, 3.05) is 25.5 Å². The van der Waals surface area contributed by atoms with E-state index in [1.54, 1.807) is 18.2 Å². The molecular formula is C23H25F3N8O2. The Labute approximate surface area is 204 Å². The summed E-state index contributed by atoms with van der Waals surface area (Å²) in [5, 5.41) is 15.3. The van der Waals surface area contributed by atoms with Crippen LogP contribution in [0.1, 0.15) is 20.3 Å². The number of hydrogen-bond acceptors (Lipinski definition) is 7. The van der Waals surface area contributed by atoms with Gasteiger partial charge in [0.2, 0.25) is 17.7 Å². The molecule has 1 saturated heterocycles. The van der Waals surface area contributed by atoms with Crippen molar-refractivity contribution in [3.63, 3.8) is 0 Å². The van der Waals surface area contributed by atoms with Crippen molar-refractivity contribution in [1.29, 1.82) is 0 Å². The first kappa shape index (κ1) is 23.8. The van der Waals surface area contributed by atoms with Crippen LogP contribution in [0.3, 0.4) is 0 Å². The number of nitrogens with one attached hydrogen (secondary N) is 1. The smallest absolute Gasteiger partial charge is 0.244 e. The quantitative estimate of drug-likeness (QED) is 0.432. The molecule has 1 aliphatic heterocycles. The number of nitrogens with zero attached hydrogens (tertiary/aromatic N) is 7. The Morgan fingerprint density at radius 1 is 1.36 bits per heavy atom. The van der Waals surface area contributed by atoms with Crippen LogP contribution >= 0.6 is 0 Å². The van der Waals surface area contributed by atoms with Crippen LogP contribution in [0.15, 0.2) is 24.4 Å². The maximum Gasteiger partial charge on any atom is 0.244 e. The Morgan fingerprint density at radius 2 is 2.17 bits per heavy atom. The molecule has 1 N–H and O–H groups in total. The number of hydrogen-bond donors (Lipinski definition) is 1. The van der Waals surface area contributed by atoms with Gasteiger partial charge in [-0.1, -0.05) is 11.3 Å². The zero-order chi connectivity index (χ0) is 25.6. The standard InChI is InChI=1S/C23H25F3N8O2/c1-12(24)9-33-19-8-14(4-5-18(19)29-31-33)20-16(26)11-34-21(20)22(36-3)28-23(30-34)27-17-6-7-32(13(2)35)10-15(17)25/h4-5,8,11-12,15,17H,6-7,9-10H2,1-3H3,(H,27,30)/t12-,15+,17-/m0/s1. The molecule has 13 heteroatoms. The summed E-state index contributed by atoms with van der Waals surface area (Å²) in [4.78, 5) is 17.4. The van der Waals surface area contributed by atoms with Crippen molar-refractivity contribution >= 4 is 28.4 Å². The number of aromatic nitrogens is 6. The first-order chi connectivity index (χ1) is 17.2. The molecule has 3 atom stereocenters. The van der Waals surface area contributed by atoms with Crippen molar-refractivity contribution in [2.24, 2.45) is 0 Å². The second-order valence-corrected chi connectivity index (χ2v) is 8.87. The van der Waals surface area contributed by atoms with Crippen LogP contribution in [0.5, 0.6) is 5.88 Å². The molecular weight excluding hydrogens is 477 g/mol. The highest BCUT2D eigenvalue weighted by atomic mass is 19.1. The zero-order valence-corrected chi connectivity index (χ0v) is 20.0. The van der Waals surface area contributed by atoms with E-state index in [1.165, 1.54) is 41.3 Å². The van der Waals surface area contributed by atoms with Crippen molar-refractivity contribution in [1.82, 2.24) is 34.5 Å². The lowest BCUT2D eigenvalue weighted by Crippen LogP contribution is -2.49. The predicted molar refractivity (Wildman–Crippen MR) is 126 cm³/mol. The number of anilines is 1. The first-order valence-corrected chi connectivity index (χ1v) is 11.5. The van der Waals surface area contributed by atoms with E-state index < -0.39 is 24.2 Å². The highest BCUT2D eigenvalue weighted by molar-refractivity contribution is 5.89. The Kier molecular flexibility index (Phi) is 6.14. The Hall–Kier alpha value is -3.90. The SMILES string of the molecule is COc1nc(N[C@H]2CCN(C(C)=O)C[C@H]2F)nn2cc(F)c(-c3ccc4nnn(C[C@H](C)F)c4c3)c12. The highest BCUT2D eigenvalue weighted by Gasteiger charge is 2.31. The first-order valence-electron chi connectivity index (χ1n) is 11.5. The van der Waals surface area contributed by atoms with Crippen LogP contribution in [0.4, 0.5) is 19.1 Å². The van der Waals surface area contributed by atoms with E-state index in [4.69, 9.17) is 4.74 Å². The molecule has 3 aromatic heterocycles. The maximum absolute atomic E-state index is 15.3. The number of carbonyl (C=O) groups is 1. The van der Waals surface area contributed by atoms with Crippen molar-refractivity contribution in [3.05, 3.63) is 30.2 Å². The molecule has 1 fully saturated rings. The van der Waals surface area contributed by atoms with Gasteiger partial charge in [0.15, 0.2) is 5.82 Å². The summed E-state index contributed by atoms with van der Waals surface area (Å²) >= 11 is 0. The van der Waals surface area contributed by atoms with E-state index >= 15 is 4.39 Å². The third kappa shape index (κ3) is 4.29. The van der Waals surface area contributed by atoms with Crippen molar-refractivity contribution in [2.45, 2.75) is 45.2 Å². The van der Waals surface area contributed by atoms with Crippen LogP contribution in [-0.4, -0.2) is 79.0 Å². The van der Waals surface area contributed by atoms with Crippen LogP contribution in [0.25, 0.3) is 27.7 Å². The Morgan fingerprint density at radius 3 is 2.86 bits per heavy atom. The summed E-state index contributed by atoms with van der Waals surface area (Å²) in [6.45, 7) is 3.23. The highest BCUT2D eigenvalue weighted by Crippen LogP contribution is 2.35. The molecule has 0 unspecified atom stereocenters. The lowest BCUT2D eigenvalue weighted by atomic mass is 10.0. The number of halogens is 3. The molecule has 1 aromatic carbocycles. The molecule has 4 heterocycles. The molecule has 0 bridgehead atoms. The van der Waals surface area contributed by atoms with Gasteiger partial charge in [0.1, 0.15) is 23.4 Å². The lowest BCUT2D eigenvalue weighted by Gasteiger charge is -2.34. The number of ether oxygens (including phenoxy) is 1. The number of methoxy groups -OCH3 is 1. The van der Waals surface area contributed by atoms with E-state index in [9.17, 15) is 13.6 Å². The zero-order valence-electron chi connectivity index (χ0n) is 20.0. The van der Waals surface area contributed by atoms with Gasteiger partial charge in [-0.2, -0.15) is 4.98 Å². The number of alkyl halides is 2. The molecule has 190 valence electrons. The van der Waals surface area contributed by atoms with Crippen LogP contribution in [0, 0.1) is 5.82 Å². The van der Waals surface area contributed by atoms with Gasteiger partial charge in [0.05, 0.1) is 43.5 Å². The maximum atomic E-state index is 15.3. The van der Waals surface area contributed by atoms with Gasteiger partial charge in [0.25, 0.3) is 0 Å². The average Bonchev–Trinajstić information content (AvgIpc) is 3.38. The van der Waals surface area contributed by atoms with Gasteiger partial charge in [-0.05, 0) is 31.0 Å². The average molecular weight is 503 g/mol. The Balaban J connectivity index is 1.51.